The molecule has 1 amide bonds. The SMILES string of the molecule is CC1(NC(=O)c2ccncc2/C=C/C(=O)O)CC1. The predicted molar refractivity (Wildman–Crippen MR) is 66.0 cm³/mol. The van der Waals surface area contributed by atoms with Crippen LogP contribution in [0.5, 0.6) is 0 Å². The number of carboxylic acids is 1. The van der Waals surface area contributed by atoms with E-state index in [-0.39, 0.29) is 11.4 Å². The van der Waals surface area contributed by atoms with E-state index in [1.807, 2.05) is 6.92 Å². The zero-order valence-electron chi connectivity index (χ0n) is 10.0. The molecule has 1 saturated carbocycles. The van der Waals surface area contributed by atoms with Gasteiger partial charge in [0.1, 0.15) is 0 Å². The fourth-order valence-corrected chi connectivity index (χ4v) is 1.56. The Morgan fingerprint density at radius 2 is 2.22 bits per heavy atom. The Morgan fingerprint density at radius 3 is 2.83 bits per heavy atom. The van der Waals surface area contributed by atoms with Gasteiger partial charge in [0.25, 0.3) is 5.91 Å². The second-order valence-electron chi connectivity index (χ2n) is 4.65. The van der Waals surface area contributed by atoms with Gasteiger partial charge in [0.05, 0.1) is 0 Å². The number of rotatable bonds is 4. The first-order valence-electron chi connectivity index (χ1n) is 5.68. The van der Waals surface area contributed by atoms with E-state index >= 15 is 0 Å². The third-order valence-electron chi connectivity index (χ3n) is 2.92. The fraction of sp³-hybridized carbons (Fsp3) is 0.308. The summed E-state index contributed by atoms with van der Waals surface area (Å²) in [7, 11) is 0. The lowest BCUT2D eigenvalue weighted by molar-refractivity contribution is -0.131. The van der Waals surface area contributed by atoms with E-state index in [1.165, 1.54) is 18.5 Å². The van der Waals surface area contributed by atoms with E-state index < -0.39 is 5.97 Å². The number of amides is 1. The van der Waals surface area contributed by atoms with Crippen LogP contribution in [0.25, 0.3) is 6.08 Å². The van der Waals surface area contributed by atoms with Gasteiger partial charge < -0.3 is 10.4 Å². The molecule has 1 aromatic rings. The summed E-state index contributed by atoms with van der Waals surface area (Å²) >= 11 is 0. The van der Waals surface area contributed by atoms with Crippen LogP contribution in [-0.4, -0.2) is 27.5 Å². The van der Waals surface area contributed by atoms with Crippen LogP contribution >= 0.6 is 0 Å². The molecule has 0 atom stereocenters. The molecule has 94 valence electrons. The maximum absolute atomic E-state index is 12.0. The van der Waals surface area contributed by atoms with Crippen molar-refractivity contribution in [1.82, 2.24) is 10.3 Å². The van der Waals surface area contributed by atoms with Crippen LogP contribution < -0.4 is 5.32 Å². The molecule has 1 aliphatic rings. The van der Waals surface area contributed by atoms with Crippen molar-refractivity contribution in [3.8, 4) is 0 Å². The highest BCUT2D eigenvalue weighted by Crippen LogP contribution is 2.34. The lowest BCUT2D eigenvalue weighted by atomic mass is 10.1. The first-order valence-corrected chi connectivity index (χ1v) is 5.68. The van der Waals surface area contributed by atoms with Gasteiger partial charge in [-0.05, 0) is 31.9 Å². The molecule has 5 heteroatoms. The second-order valence-corrected chi connectivity index (χ2v) is 4.65. The molecule has 0 radical (unpaired) electrons. The molecule has 0 bridgehead atoms. The molecule has 1 aromatic heterocycles. The summed E-state index contributed by atoms with van der Waals surface area (Å²) in [6.45, 7) is 1.98. The maximum atomic E-state index is 12.0. The number of pyridine rings is 1. The van der Waals surface area contributed by atoms with E-state index in [0.29, 0.717) is 11.1 Å². The van der Waals surface area contributed by atoms with Crippen LogP contribution in [0.15, 0.2) is 24.5 Å². The van der Waals surface area contributed by atoms with Crippen molar-refractivity contribution < 1.29 is 14.7 Å². The third kappa shape index (κ3) is 2.94. The minimum absolute atomic E-state index is 0.103. The lowest BCUT2D eigenvalue weighted by Gasteiger charge is -2.12. The van der Waals surface area contributed by atoms with Crippen molar-refractivity contribution in [3.05, 3.63) is 35.7 Å². The number of carbonyl (C=O) groups excluding carboxylic acids is 1. The molecule has 2 rings (SSSR count). The molecule has 1 aliphatic carbocycles. The van der Waals surface area contributed by atoms with E-state index in [9.17, 15) is 9.59 Å². The number of aliphatic carboxylic acids is 1. The van der Waals surface area contributed by atoms with Crippen LogP contribution in [0.1, 0.15) is 35.7 Å². The Labute approximate surface area is 105 Å². The monoisotopic (exact) mass is 246 g/mol. The van der Waals surface area contributed by atoms with Gasteiger partial charge in [0, 0.05) is 35.1 Å². The lowest BCUT2D eigenvalue weighted by Crippen LogP contribution is -2.34. The van der Waals surface area contributed by atoms with Crippen molar-refractivity contribution in [2.45, 2.75) is 25.3 Å². The highest BCUT2D eigenvalue weighted by molar-refractivity contribution is 5.99. The standard InChI is InChI=1S/C13H14N2O3/c1-13(5-6-13)15-12(18)10-4-7-14-8-9(10)2-3-11(16)17/h2-4,7-8H,5-6H2,1H3,(H,15,18)(H,16,17)/b3-2+. The Kier molecular flexibility index (Phi) is 3.14. The van der Waals surface area contributed by atoms with Gasteiger partial charge in [-0.25, -0.2) is 4.79 Å². The molecule has 1 fully saturated rings. The van der Waals surface area contributed by atoms with E-state index in [1.54, 1.807) is 6.07 Å². The maximum Gasteiger partial charge on any atom is 0.328 e. The first kappa shape index (κ1) is 12.3. The number of carbonyl (C=O) groups is 2. The van der Waals surface area contributed by atoms with Crippen LogP contribution in [0.3, 0.4) is 0 Å². The molecule has 0 spiro atoms. The van der Waals surface area contributed by atoms with Gasteiger partial charge in [-0.2, -0.15) is 0 Å². The molecule has 1 heterocycles. The van der Waals surface area contributed by atoms with Crippen molar-refractivity contribution in [2.75, 3.05) is 0 Å². The molecule has 0 aliphatic heterocycles. The zero-order chi connectivity index (χ0) is 13.2. The third-order valence-corrected chi connectivity index (χ3v) is 2.92. The topological polar surface area (TPSA) is 79.3 Å². The Morgan fingerprint density at radius 1 is 1.50 bits per heavy atom. The summed E-state index contributed by atoms with van der Waals surface area (Å²) in [6.07, 6.45) is 7.31. The van der Waals surface area contributed by atoms with Gasteiger partial charge in [-0.15, -0.1) is 0 Å². The van der Waals surface area contributed by atoms with E-state index in [4.69, 9.17) is 5.11 Å². The average Bonchev–Trinajstić information content (AvgIpc) is 3.04. The van der Waals surface area contributed by atoms with Gasteiger partial charge in [0.2, 0.25) is 0 Å². The number of carboxylic acid groups (broad SMARTS) is 1. The van der Waals surface area contributed by atoms with Crippen molar-refractivity contribution >= 4 is 18.0 Å². The van der Waals surface area contributed by atoms with Gasteiger partial charge >= 0.3 is 5.97 Å². The Hall–Kier alpha value is -2.17. The molecule has 18 heavy (non-hydrogen) atoms. The molecule has 2 N–H and O–H groups in total. The summed E-state index contributed by atoms with van der Waals surface area (Å²) in [5, 5.41) is 11.5. The molecule has 5 nitrogen and oxygen atoms in total. The minimum Gasteiger partial charge on any atom is -0.478 e. The Bertz CT molecular complexity index is 519. The highest BCUT2D eigenvalue weighted by atomic mass is 16.4. The number of hydrogen-bond donors (Lipinski definition) is 2. The van der Waals surface area contributed by atoms with Gasteiger partial charge in [-0.1, -0.05) is 0 Å². The highest BCUT2D eigenvalue weighted by Gasteiger charge is 2.38. The van der Waals surface area contributed by atoms with E-state index in [2.05, 4.69) is 10.3 Å². The molecular formula is C13H14N2O3. The predicted octanol–water partition coefficient (Wildman–Crippen LogP) is 1.46. The van der Waals surface area contributed by atoms with Crippen LogP contribution in [0.4, 0.5) is 0 Å². The summed E-state index contributed by atoms with van der Waals surface area (Å²) in [6, 6.07) is 1.59. The average molecular weight is 246 g/mol. The normalized spacial score (nSPS) is 16.5. The quantitative estimate of drug-likeness (QED) is 0.788. The number of hydrogen-bond acceptors (Lipinski definition) is 3. The fourth-order valence-electron chi connectivity index (χ4n) is 1.56. The van der Waals surface area contributed by atoms with Crippen LogP contribution in [0.2, 0.25) is 0 Å². The smallest absolute Gasteiger partial charge is 0.328 e. The minimum atomic E-state index is -1.06. The largest absolute Gasteiger partial charge is 0.478 e. The number of aromatic nitrogens is 1. The van der Waals surface area contributed by atoms with Gasteiger partial charge in [-0.3, -0.25) is 9.78 Å². The first-order chi connectivity index (χ1) is 8.50. The summed E-state index contributed by atoms with van der Waals surface area (Å²) in [5.74, 6) is -1.25. The van der Waals surface area contributed by atoms with E-state index in [0.717, 1.165) is 18.9 Å². The number of nitrogens with zero attached hydrogens (tertiary/aromatic N) is 1. The summed E-state index contributed by atoms with van der Waals surface area (Å²) < 4.78 is 0. The van der Waals surface area contributed by atoms with Crippen molar-refractivity contribution in [3.63, 3.8) is 0 Å². The van der Waals surface area contributed by atoms with Crippen LogP contribution in [-0.2, 0) is 4.79 Å². The summed E-state index contributed by atoms with van der Waals surface area (Å²) in [5.41, 5.74) is 0.839. The molecule has 0 aromatic carbocycles. The molecular weight excluding hydrogens is 232 g/mol. The second kappa shape index (κ2) is 4.60. The molecule has 0 unspecified atom stereocenters. The van der Waals surface area contributed by atoms with Crippen molar-refractivity contribution in [1.29, 1.82) is 0 Å². The van der Waals surface area contributed by atoms with Gasteiger partial charge in [0.15, 0.2) is 0 Å². The van der Waals surface area contributed by atoms with Crippen LogP contribution in [0, 0.1) is 0 Å². The zero-order valence-corrected chi connectivity index (χ0v) is 10.0. The van der Waals surface area contributed by atoms with Crippen molar-refractivity contribution in [2.24, 2.45) is 0 Å². The molecule has 0 saturated heterocycles. The number of nitrogens with one attached hydrogen (secondary N) is 1. The Balaban J connectivity index is 2.21. The summed E-state index contributed by atoms with van der Waals surface area (Å²) in [4.78, 5) is 26.4.